The van der Waals surface area contributed by atoms with Gasteiger partial charge in [-0.15, -0.1) is 0 Å². The maximum atomic E-state index is 12.9. The van der Waals surface area contributed by atoms with E-state index < -0.39 is 46.8 Å². The van der Waals surface area contributed by atoms with Crippen molar-refractivity contribution in [2.24, 2.45) is 0 Å². The molecule has 3 N–H and O–H groups in total. The molecule has 0 spiro atoms. The molecular formula is C19H23F3N3O8P. The summed E-state index contributed by atoms with van der Waals surface area (Å²) < 4.78 is 52.7. The Bertz CT molecular complexity index is 1060. The lowest BCUT2D eigenvalue weighted by molar-refractivity contribution is -0.385. The van der Waals surface area contributed by atoms with Crippen LogP contribution in [0.2, 0.25) is 0 Å². The van der Waals surface area contributed by atoms with E-state index in [1.165, 1.54) is 18.2 Å². The molecule has 0 aliphatic carbocycles. The molecule has 0 aromatic heterocycles. The number of nitrogens with zero attached hydrogens (tertiary/aromatic N) is 2. The minimum atomic E-state index is -4.75. The van der Waals surface area contributed by atoms with E-state index in [0.717, 1.165) is 6.07 Å². The van der Waals surface area contributed by atoms with E-state index in [4.69, 9.17) is 19.1 Å². The first kappa shape index (κ1) is 28.8. The van der Waals surface area contributed by atoms with Gasteiger partial charge in [-0.3, -0.25) is 24.8 Å². The van der Waals surface area contributed by atoms with Gasteiger partial charge >= 0.3 is 20.1 Å². The SMILES string of the molecule is CCC(C)(CC)Nc1cc(Oc2ccc(C(F)(F)F)cc2[N+](=O)[O-])ccc1[N+](=O)[O-].O=[PH](O)O. The minimum Gasteiger partial charge on any atom is -0.450 e. The Kier molecular flexibility index (Phi) is 9.97. The van der Waals surface area contributed by atoms with Crippen LogP contribution in [0.4, 0.5) is 30.2 Å². The normalized spacial score (nSPS) is 11.4. The van der Waals surface area contributed by atoms with E-state index >= 15 is 0 Å². The number of ether oxygens (including phenoxy) is 1. The monoisotopic (exact) mass is 509 g/mol. The van der Waals surface area contributed by atoms with E-state index in [1.807, 2.05) is 20.8 Å². The van der Waals surface area contributed by atoms with Gasteiger partial charge in [0.1, 0.15) is 11.4 Å². The molecule has 15 heteroatoms. The molecule has 0 heterocycles. The predicted molar refractivity (Wildman–Crippen MR) is 117 cm³/mol. The largest absolute Gasteiger partial charge is 0.450 e. The summed E-state index contributed by atoms with van der Waals surface area (Å²) in [7, 11) is -3.13. The first-order valence-electron chi connectivity index (χ1n) is 9.65. The number of nitro benzene ring substituents is 2. The maximum absolute atomic E-state index is 12.9. The van der Waals surface area contributed by atoms with Crippen molar-refractivity contribution in [3.63, 3.8) is 0 Å². The molecule has 0 bridgehead atoms. The smallest absolute Gasteiger partial charge is 0.416 e. The van der Waals surface area contributed by atoms with Crippen LogP contribution >= 0.6 is 8.25 Å². The summed E-state index contributed by atoms with van der Waals surface area (Å²) in [5.41, 5.74) is -2.60. The van der Waals surface area contributed by atoms with Crippen molar-refractivity contribution in [2.45, 2.75) is 45.3 Å². The van der Waals surface area contributed by atoms with E-state index in [2.05, 4.69) is 5.32 Å². The Morgan fingerprint density at radius 3 is 1.97 bits per heavy atom. The Hall–Kier alpha value is -3.22. The van der Waals surface area contributed by atoms with E-state index in [0.29, 0.717) is 25.0 Å². The Labute approximate surface area is 192 Å². The van der Waals surface area contributed by atoms with Gasteiger partial charge in [0, 0.05) is 23.7 Å². The van der Waals surface area contributed by atoms with Gasteiger partial charge < -0.3 is 19.8 Å². The van der Waals surface area contributed by atoms with Crippen molar-refractivity contribution in [2.75, 3.05) is 5.32 Å². The van der Waals surface area contributed by atoms with Crippen molar-refractivity contribution < 1.29 is 42.1 Å². The zero-order valence-electron chi connectivity index (χ0n) is 18.3. The van der Waals surface area contributed by atoms with Gasteiger partial charge in [-0.1, -0.05) is 13.8 Å². The maximum Gasteiger partial charge on any atom is 0.416 e. The average Bonchev–Trinajstić information content (AvgIpc) is 2.72. The Morgan fingerprint density at radius 1 is 1.00 bits per heavy atom. The quantitative estimate of drug-likeness (QED) is 0.231. The number of nitrogens with one attached hydrogen (secondary N) is 1. The molecule has 0 saturated carbocycles. The highest BCUT2D eigenvalue weighted by atomic mass is 31.1. The van der Waals surface area contributed by atoms with Gasteiger partial charge in [0.2, 0.25) is 5.75 Å². The third-order valence-electron chi connectivity index (χ3n) is 4.87. The summed E-state index contributed by atoms with van der Waals surface area (Å²) in [4.78, 5) is 35.3. The summed E-state index contributed by atoms with van der Waals surface area (Å²) >= 11 is 0. The number of nitro groups is 2. The number of halogens is 3. The van der Waals surface area contributed by atoms with Crippen LogP contribution in [0.15, 0.2) is 36.4 Å². The van der Waals surface area contributed by atoms with Gasteiger partial charge in [0.15, 0.2) is 0 Å². The molecule has 0 aliphatic heterocycles. The third kappa shape index (κ3) is 8.28. The molecule has 2 rings (SSSR count). The number of anilines is 1. The van der Waals surface area contributed by atoms with Crippen molar-refractivity contribution in [1.82, 2.24) is 0 Å². The fraction of sp³-hybridized carbons (Fsp3) is 0.368. The molecule has 0 fully saturated rings. The lowest BCUT2D eigenvalue weighted by Gasteiger charge is -2.29. The van der Waals surface area contributed by atoms with Crippen molar-refractivity contribution in [1.29, 1.82) is 0 Å². The summed E-state index contributed by atoms with van der Waals surface area (Å²) in [6.07, 6.45) is -3.43. The van der Waals surface area contributed by atoms with Crippen LogP contribution in [-0.2, 0) is 10.7 Å². The van der Waals surface area contributed by atoms with Crippen LogP contribution < -0.4 is 10.1 Å². The Balaban J connectivity index is 0.00000133. The summed E-state index contributed by atoms with van der Waals surface area (Å²) in [6, 6.07) is 5.57. The molecule has 0 radical (unpaired) electrons. The van der Waals surface area contributed by atoms with Gasteiger partial charge in [-0.2, -0.15) is 13.2 Å². The van der Waals surface area contributed by atoms with E-state index in [-0.39, 0.29) is 17.1 Å². The lowest BCUT2D eigenvalue weighted by Crippen LogP contribution is -2.33. The number of hydrogen-bond donors (Lipinski definition) is 3. The fourth-order valence-electron chi connectivity index (χ4n) is 2.64. The minimum absolute atomic E-state index is 0.000477. The fourth-order valence-corrected chi connectivity index (χ4v) is 2.64. The van der Waals surface area contributed by atoms with E-state index in [1.54, 1.807) is 0 Å². The van der Waals surface area contributed by atoms with Gasteiger partial charge in [0.05, 0.1) is 15.4 Å². The lowest BCUT2D eigenvalue weighted by atomic mass is 9.95. The van der Waals surface area contributed by atoms with Crippen LogP contribution in [0.25, 0.3) is 0 Å². The van der Waals surface area contributed by atoms with Crippen LogP contribution in [0.1, 0.15) is 39.2 Å². The molecule has 2 aromatic carbocycles. The molecule has 34 heavy (non-hydrogen) atoms. The molecule has 0 aliphatic rings. The first-order chi connectivity index (χ1) is 15.6. The number of benzene rings is 2. The zero-order chi connectivity index (χ0) is 26.3. The topological polar surface area (TPSA) is 165 Å². The number of rotatable bonds is 8. The predicted octanol–water partition coefficient (Wildman–Crippen LogP) is 5.67. The first-order valence-corrected chi connectivity index (χ1v) is 11.0. The molecule has 0 saturated heterocycles. The molecule has 0 amide bonds. The summed E-state index contributed by atoms with van der Waals surface area (Å²) in [5.74, 6) is -0.415. The van der Waals surface area contributed by atoms with Gasteiger partial charge in [-0.05, 0) is 38.0 Å². The van der Waals surface area contributed by atoms with E-state index in [9.17, 15) is 33.4 Å². The highest BCUT2D eigenvalue weighted by molar-refractivity contribution is 7.30. The van der Waals surface area contributed by atoms with Crippen molar-refractivity contribution >= 4 is 25.3 Å². The second kappa shape index (κ2) is 11.8. The highest BCUT2D eigenvalue weighted by Crippen LogP contribution is 2.39. The summed E-state index contributed by atoms with van der Waals surface area (Å²) in [6.45, 7) is 5.70. The zero-order valence-corrected chi connectivity index (χ0v) is 19.3. The second-order valence-electron chi connectivity index (χ2n) is 7.15. The Morgan fingerprint density at radius 2 is 1.53 bits per heavy atom. The molecular weight excluding hydrogens is 486 g/mol. The standard InChI is InChI=1S/C19H20F3N3O5.H3O3P/c1-4-18(3,5-2)23-14-11-13(7-8-15(14)24(26)27)30-17-9-6-12(19(20,21)22)10-16(17)25(28)29;1-4(2)3/h6-11,23H,4-5H2,1-3H3;4H,(H2,1,2,3). The average molecular weight is 509 g/mol. The van der Waals surface area contributed by atoms with Crippen LogP contribution in [-0.4, -0.2) is 25.2 Å². The van der Waals surface area contributed by atoms with Crippen molar-refractivity contribution in [3.05, 3.63) is 62.2 Å². The van der Waals surface area contributed by atoms with Crippen LogP contribution in [0, 0.1) is 20.2 Å². The second-order valence-corrected chi connectivity index (χ2v) is 7.72. The molecule has 0 unspecified atom stereocenters. The molecule has 11 nitrogen and oxygen atoms in total. The van der Waals surface area contributed by atoms with Crippen LogP contribution in [0.5, 0.6) is 11.5 Å². The van der Waals surface area contributed by atoms with Gasteiger partial charge in [-0.25, -0.2) is 0 Å². The van der Waals surface area contributed by atoms with Crippen LogP contribution in [0.3, 0.4) is 0 Å². The third-order valence-corrected chi connectivity index (χ3v) is 4.87. The number of hydrogen-bond acceptors (Lipinski definition) is 7. The number of alkyl halides is 3. The highest BCUT2D eigenvalue weighted by Gasteiger charge is 2.33. The molecule has 188 valence electrons. The molecule has 0 atom stereocenters. The molecule has 2 aromatic rings. The van der Waals surface area contributed by atoms with Gasteiger partial charge in [0.25, 0.3) is 5.69 Å². The van der Waals surface area contributed by atoms with Crippen molar-refractivity contribution in [3.8, 4) is 11.5 Å². The summed E-state index contributed by atoms with van der Waals surface area (Å²) in [5, 5.41) is 25.7.